The Morgan fingerprint density at radius 1 is 1.31 bits per heavy atom. The number of rotatable bonds is 5. The van der Waals surface area contributed by atoms with Gasteiger partial charge in [-0.05, 0) is 31.2 Å². The zero-order valence-corrected chi connectivity index (χ0v) is 9.53. The van der Waals surface area contributed by atoms with Crippen LogP contribution in [-0.4, -0.2) is 13.6 Å². The van der Waals surface area contributed by atoms with E-state index in [4.69, 9.17) is 0 Å². The molecule has 13 heavy (non-hydrogen) atoms. The SMILES string of the molecule is CCC(C)(CNC)CC1CCCC1. The number of hydrogen-bond donors (Lipinski definition) is 1. The molecule has 1 rings (SSSR count). The first-order valence-corrected chi connectivity index (χ1v) is 5.85. The van der Waals surface area contributed by atoms with Crippen molar-refractivity contribution in [2.24, 2.45) is 11.3 Å². The lowest BCUT2D eigenvalue weighted by atomic mass is 9.78. The Labute approximate surface area is 83.3 Å². The average Bonchev–Trinajstić information content (AvgIpc) is 2.57. The maximum absolute atomic E-state index is 3.33. The van der Waals surface area contributed by atoms with Gasteiger partial charge in [0, 0.05) is 6.54 Å². The van der Waals surface area contributed by atoms with Crippen LogP contribution < -0.4 is 5.32 Å². The Morgan fingerprint density at radius 2 is 1.92 bits per heavy atom. The highest BCUT2D eigenvalue weighted by Gasteiger charge is 2.27. The predicted octanol–water partition coefficient (Wildman–Crippen LogP) is 3.20. The smallest absolute Gasteiger partial charge is 0.000216 e. The van der Waals surface area contributed by atoms with Gasteiger partial charge >= 0.3 is 0 Å². The van der Waals surface area contributed by atoms with E-state index in [9.17, 15) is 0 Å². The molecule has 1 heteroatoms. The van der Waals surface area contributed by atoms with Gasteiger partial charge in [-0.25, -0.2) is 0 Å². The van der Waals surface area contributed by atoms with Crippen LogP contribution in [0.2, 0.25) is 0 Å². The molecule has 0 spiro atoms. The fourth-order valence-corrected chi connectivity index (χ4v) is 2.68. The summed E-state index contributed by atoms with van der Waals surface area (Å²) in [6.45, 7) is 5.94. The second-order valence-corrected chi connectivity index (χ2v) is 5.05. The van der Waals surface area contributed by atoms with E-state index in [-0.39, 0.29) is 0 Å². The molecule has 0 aromatic rings. The van der Waals surface area contributed by atoms with E-state index in [0.29, 0.717) is 5.41 Å². The van der Waals surface area contributed by atoms with Gasteiger partial charge in [0.2, 0.25) is 0 Å². The van der Waals surface area contributed by atoms with Crippen LogP contribution in [-0.2, 0) is 0 Å². The molecule has 0 bridgehead atoms. The first-order valence-electron chi connectivity index (χ1n) is 5.85. The van der Waals surface area contributed by atoms with Gasteiger partial charge < -0.3 is 5.32 Å². The van der Waals surface area contributed by atoms with Crippen molar-refractivity contribution in [3.05, 3.63) is 0 Å². The van der Waals surface area contributed by atoms with E-state index >= 15 is 0 Å². The first-order chi connectivity index (χ1) is 6.20. The fourth-order valence-electron chi connectivity index (χ4n) is 2.68. The topological polar surface area (TPSA) is 12.0 Å². The van der Waals surface area contributed by atoms with Crippen molar-refractivity contribution in [1.29, 1.82) is 0 Å². The van der Waals surface area contributed by atoms with E-state index in [1.807, 2.05) is 0 Å². The molecule has 1 N–H and O–H groups in total. The molecule has 1 aliphatic rings. The van der Waals surface area contributed by atoms with Crippen molar-refractivity contribution in [3.8, 4) is 0 Å². The minimum absolute atomic E-state index is 0.545. The molecule has 1 atom stereocenters. The molecular formula is C12H25N. The monoisotopic (exact) mass is 183 g/mol. The molecule has 1 saturated carbocycles. The lowest BCUT2D eigenvalue weighted by Crippen LogP contribution is -2.30. The van der Waals surface area contributed by atoms with E-state index in [1.165, 1.54) is 45.1 Å². The van der Waals surface area contributed by atoms with Gasteiger partial charge in [-0.15, -0.1) is 0 Å². The van der Waals surface area contributed by atoms with Crippen LogP contribution in [0.1, 0.15) is 52.4 Å². The summed E-state index contributed by atoms with van der Waals surface area (Å²) in [6, 6.07) is 0. The van der Waals surface area contributed by atoms with E-state index in [0.717, 1.165) is 5.92 Å². The molecule has 0 aliphatic heterocycles. The van der Waals surface area contributed by atoms with Gasteiger partial charge in [-0.1, -0.05) is 39.5 Å². The Morgan fingerprint density at radius 3 is 2.38 bits per heavy atom. The zero-order valence-electron chi connectivity index (χ0n) is 9.53. The summed E-state index contributed by atoms with van der Waals surface area (Å²) in [5.41, 5.74) is 0.545. The predicted molar refractivity (Wildman–Crippen MR) is 58.9 cm³/mol. The van der Waals surface area contributed by atoms with Gasteiger partial charge in [-0.2, -0.15) is 0 Å². The largest absolute Gasteiger partial charge is 0.319 e. The van der Waals surface area contributed by atoms with Crippen molar-refractivity contribution >= 4 is 0 Å². The van der Waals surface area contributed by atoms with E-state index in [1.54, 1.807) is 0 Å². The molecule has 0 radical (unpaired) electrons. The number of nitrogens with one attached hydrogen (secondary N) is 1. The second-order valence-electron chi connectivity index (χ2n) is 5.05. The summed E-state index contributed by atoms with van der Waals surface area (Å²) >= 11 is 0. The Kier molecular flexibility index (Phi) is 4.24. The summed E-state index contributed by atoms with van der Waals surface area (Å²) in [6.07, 6.45) is 8.67. The Balaban J connectivity index is 2.36. The Hall–Kier alpha value is -0.0400. The third-order valence-corrected chi connectivity index (χ3v) is 3.71. The summed E-state index contributed by atoms with van der Waals surface area (Å²) in [4.78, 5) is 0. The van der Waals surface area contributed by atoms with Gasteiger partial charge in [0.05, 0.1) is 0 Å². The van der Waals surface area contributed by atoms with E-state index in [2.05, 4.69) is 26.2 Å². The number of hydrogen-bond acceptors (Lipinski definition) is 1. The maximum Gasteiger partial charge on any atom is 0.000216 e. The van der Waals surface area contributed by atoms with Crippen molar-refractivity contribution in [2.75, 3.05) is 13.6 Å². The molecule has 0 saturated heterocycles. The standard InChI is InChI=1S/C12H25N/c1-4-12(2,10-13-3)9-11-7-5-6-8-11/h11,13H,4-10H2,1-3H3. The Bertz CT molecular complexity index is 138. The average molecular weight is 183 g/mol. The fraction of sp³-hybridized carbons (Fsp3) is 1.00. The molecule has 78 valence electrons. The van der Waals surface area contributed by atoms with Crippen molar-refractivity contribution in [3.63, 3.8) is 0 Å². The van der Waals surface area contributed by atoms with Gasteiger partial charge in [-0.3, -0.25) is 0 Å². The summed E-state index contributed by atoms with van der Waals surface area (Å²) < 4.78 is 0. The van der Waals surface area contributed by atoms with Crippen LogP contribution in [0.3, 0.4) is 0 Å². The maximum atomic E-state index is 3.33. The molecule has 1 unspecified atom stereocenters. The minimum atomic E-state index is 0.545. The van der Waals surface area contributed by atoms with Crippen molar-refractivity contribution < 1.29 is 0 Å². The van der Waals surface area contributed by atoms with Gasteiger partial charge in [0.25, 0.3) is 0 Å². The van der Waals surface area contributed by atoms with Crippen molar-refractivity contribution in [1.82, 2.24) is 5.32 Å². The highest BCUT2D eigenvalue weighted by Crippen LogP contribution is 2.37. The molecular weight excluding hydrogens is 158 g/mol. The molecule has 0 amide bonds. The van der Waals surface area contributed by atoms with Crippen LogP contribution in [0.25, 0.3) is 0 Å². The lowest BCUT2D eigenvalue weighted by Gasteiger charge is -2.30. The zero-order chi connectivity index (χ0) is 9.73. The minimum Gasteiger partial charge on any atom is -0.319 e. The lowest BCUT2D eigenvalue weighted by molar-refractivity contribution is 0.226. The molecule has 1 aliphatic carbocycles. The van der Waals surface area contributed by atoms with Gasteiger partial charge in [0.15, 0.2) is 0 Å². The summed E-state index contributed by atoms with van der Waals surface area (Å²) in [5, 5.41) is 3.33. The van der Waals surface area contributed by atoms with Crippen LogP contribution in [0.4, 0.5) is 0 Å². The summed E-state index contributed by atoms with van der Waals surface area (Å²) in [5.74, 6) is 1.03. The first kappa shape index (κ1) is 11.0. The second kappa shape index (κ2) is 4.99. The normalized spacial score (nSPS) is 23.3. The van der Waals surface area contributed by atoms with Crippen LogP contribution >= 0.6 is 0 Å². The van der Waals surface area contributed by atoms with Crippen LogP contribution in [0.5, 0.6) is 0 Å². The third-order valence-electron chi connectivity index (χ3n) is 3.71. The van der Waals surface area contributed by atoms with Crippen molar-refractivity contribution in [2.45, 2.75) is 52.4 Å². The molecule has 0 aromatic heterocycles. The van der Waals surface area contributed by atoms with Crippen LogP contribution in [0.15, 0.2) is 0 Å². The third kappa shape index (κ3) is 3.30. The molecule has 0 heterocycles. The van der Waals surface area contributed by atoms with E-state index < -0.39 is 0 Å². The van der Waals surface area contributed by atoms with Gasteiger partial charge in [0.1, 0.15) is 0 Å². The highest BCUT2D eigenvalue weighted by molar-refractivity contribution is 4.80. The van der Waals surface area contributed by atoms with Crippen LogP contribution in [0, 0.1) is 11.3 Å². The summed E-state index contributed by atoms with van der Waals surface area (Å²) in [7, 11) is 2.07. The molecule has 1 nitrogen and oxygen atoms in total. The molecule has 0 aromatic carbocycles. The highest BCUT2D eigenvalue weighted by atomic mass is 14.8. The quantitative estimate of drug-likeness (QED) is 0.690. The molecule has 1 fully saturated rings.